The van der Waals surface area contributed by atoms with Gasteiger partial charge in [-0.2, -0.15) is 0 Å². The third-order valence-corrected chi connectivity index (χ3v) is 2.97. The van der Waals surface area contributed by atoms with Crippen LogP contribution in [0.5, 0.6) is 0 Å². The number of piperazine rings is 1. The second kappa shape index (κ2) is 5.51. The summed E-state index contributed by atoms with van der Waals surface area (Å²) < 4.78 is 0. The van der Waals surface area contributed by atoms with Crippen LogP contribution in [0.3, 0.4) is 0 Å². The number of amides is 2. The lowest BCUT2D eigenvalue weighted by Crippen LogP contribution is -2.48. The van der Waals surface area contributed by atoms with Crippen molar-refractivity contribution in [3.05, 3.63) is 32.6 Å². The lowest BCUT2D eigenvalue weighted by atomic mass is 10.2. The fourth-order valence-electron chi connectivity index (χ4n) is 1.97. The summed E-state index contributed by atoms with van der Waals surface area (Å²) in [5.41, 5.74) is -0.866. The molecule has 8 nitrogen and oxygen atoms in total. The van der Waals surface area contributed by atoms with E-state index in [2.05, 4.69) is 4.98 Å². The molecule has 1 aliphatic rings. The number of aromatic nitrogens is 2. The van der Waals surface area contributed by atoms with Crippen LogP contribution in [0, 0.1) is 0 Å². The van der Waals surface area contributed by atoms with Gasteiger partial charge in [0.15, 0.2) is 0 Å². The Bertz CT molecular complexity index is 555. The molecule has 19 heavy (non-hydrogen) atoms. The number of carbonyl (C=O) groups is 2. The van der Waals surface area contributed by atoms with Gasteiger partial charge in [0.2, 0.25) is 12.3 Å². The monoisotopic (exact) mass is 266 g/mol. The van der Waals surface area contributed by atoms with Gasteiger partial charge in [-0.15, -0.1) is 0 Å². The molecule has 1 saturated heterocycles. The number of hydrogen-bond donors (Lipinski definition) is 2. The molecular formula is C11H14N4O4. The number of carbonyl (C=O) groups excluding carboxylic acids is 2. The highest BCUT2D eigenvalue weighted by atomic mass is 16.2. The zero-order valence-corrected chi connectivity index (χ0v) is 10.2. The van der Waals surface area contributed by atoms with Crippen LogP contribution in [0.25, 0.3) is 0 Å². The molecule has 0 atom stereocenters. The molecule has 8 heteroatoms. The van der Waals surface area contributed by atoms with E-state index >= 15 is 0 Å². The van der Waals surface area contributed by atoms with Gasteiger partial charge in [0.1, 0.15) is 0 Å². The van der Waals surface area contributed by atoms with Gasteiger partial charge in [0.05, 0.1) is 6.42 Å². The summed E-state index contributed by atoms with van der Waals surface area (Å²) in [6.07, 6.45) is 0.732. The van der Waals surface area contributed by atoms with Gasteiger partial charge in [0, 0.05) is 37.9 Å². The van der Waals surface area contributed by atoms with E-state index in [1.54, 1.807) is 9.80 Å². The number of rotatable bonds is 3. The first kappa shape index (κ1) is 13.1. The van der Waals surface area contributed by atoms with E-state index in [1.165, 1.54) is 6.07 Å². The summed E-state index contributed by atoms with van der Waals surface area (Å²) in [5.74, 6) is -0.174. The van der Waals surface area contributed by atoms with Crippen molar-refractivity contribution >= 4 is 12.3 Å². The van der Waals surface area contributed by atoms with E-state index in [1.807, 2.05) is 4.98 Å². The van der Waals surface area contributed by atoms with Crippen molar-refractivity contribution in [1.82, 2.24) is 19.8 Å². The van der Waals surface area contributed by atoms with Gasteiger partial charge in [-0.1, -0.05) is 0 Å². The minimum Gasteiger partial charge on any atom is -0.342 e. The zero-order valence-electron chi connectivity index (χ0n) is 10.2. The molecule has 0 aliphatic carbocycles. The molecule has 2 N–H and O–H groups in total. The van der Waals surface area contributed by atoms with Gasteiger partial charge in [0.25, 0.3) is 5.56 Å². The summed E-state index contributed by atoms with van der Waals surface area (Å²) in [7, 11) is 0. The molecule has 102 valence electrons. The van der Waals surface area contributed by atoms with Gasteiger partial charge >= 0.3 is 5.69 Å². The largest absolute Gasteiger partial charge is 0.342 e. The number of nitrogens with zero attached hydrogens (tertiary/aromatic N) is 2. The van der Waals surface area contributed by atoms with E-state index in [9.17, 15) is 19.2 Å². The number of aromatic amines is 2. The molecule has 1 fully saturated rings. The van der Waals surface area contributed by atoms with E-state index < -0.39 is 11.2 Å². The Morgan fingerprint density at radius 1 is 1.21 bits per heavy atom. The highest BCUT2D eigenvalue weighted by Crippen LogP contribution is 2.02. The molecule has 1 aliphatic heterocycles. The van der Waals surface area contributed by atoms with Crippen molar-refractivity contribution in [3.8, 4) is 0 Å². The third kappa shape index (κ3) is 3.30. The van der Waals surface area contributed by atoms with E-state index in [0.29, 0.717) is 26.2 Å². The average Bonchev–Trinajstić information content (AvgIpc) is 2.37. The predicted octanol–water partition coefficient (Wildman–Crippen LogP) is -2.09. The van der Waals surface area contributed by atoms with Crippen molar-refractivity contribution in [3.63, 3.8) is 0 Å². The van der Waals surface area contributed by atoms with Crippen LogP contribution in [-0.2, 0) is 16.0 Å². The van der Waals surface area contributed by atoms with Crippen LogP contribution in [-0.4, -0.2) is 58.3 Å². The topological polar surface area (TPSA) is 106 Å². The molecule has 0 radical (unpaired) electrons. The molecule has 2 amide bonds. The maximum atomic E-state index is 12.0. The van der Waals surface area contributed by atoms with E-state index in [0.717, 1.165) is 6.41 Å². The number of nitrogens with one attached hydrogen (secondary N) is 2. The van der Waals surface area contributed by atoms with Crippen molar-refractivity contribution < 1.29 is 9.59 Å². The Morgan fingerprint density at radius 3 is 2.47 bits per heavy atom. The standard InChI is InChI=1S/C11H14N4O4/c16-7-14-1-3-15(4-2-14)10(18)6-8-5-9(17)13-11(19)12-8/h5,7H,1-4,6H2,(H2,12,13,17,19). The lowest BCUT2D eigenvalue weighted by molar-refractivity contribution is -0.134. The Kier molecular flexibility index (Phi) is 3.79. The highest BCUT2D eigenvalue weighted by Gasteiger charge is 2.20. The minimum absolute atomic E-state index is 0.0275. The van der Waals surface area contributed by atoms with Crippen molar-refractivity contribution in [2.45, 2.75) is 6.42 Å². The van der Waals surface area contributed by atoms with Crippen LogP contribution < -0.4 is 11.2 Å². The Balaban J connectivity index is 1.99. The average molecular weight is 266 g/mol. The molecule has 0 bridgehead atoms. The van der Waals surface area contributed by atoms with Crippen LogP contribution >= 0.6 is 0 Å². The SMILES string of the molecule is O=CN1CCN(C(=O)Cc2cc(=O)[nH]c(=O)[nH]2)CC1. The van der Waals surface area contributed by atoms with Gasteiger partial charge in [-0.3, -0.25) is 19.4 Å². The molecular weight excluding hydrogens is 252 g/mol. The molecule has 0 spiro atoms. The second-order valence-electron chi connectivity index (χ2n) is 4.31. The van der Waals surface area contributed by atoms with Crippen LogP contribution in [0.1, 0.15) is 5.69 Å². The van der Waals surface area contributed by atoms with Crippen LogP contribution in [0.15, 0.2) is 15.7 Å². The molecule has 2 heterocycles. The quantitative estimate of drug-likeness (QED) is 0.611. The Hall–Kier alpha value is -2.38. The van der Waals surface area contributed by atoms with E-state index in [4.69, 9.17) is 0 Å². The van der Waals surface area contributed by atoms with Crippen LogP contribution in [0.2, 0.25) is 0 Å². The number of H-pyrrole nitrogens is 2. The van der Waals surface area contributed by atoms with Crippen molar-refractivity contribution in [2.75, 3.05) is 26.2 Å². The summed E-state index contributed by atoms with van der Waals surface area (Å²) in [6.45, 7) is 1.93. The fraction of sp³-hybridized carbons (Fsp3) is 0.455. The Labute approximate surface area is 108 Å². The first-order valence-electron chi connectivity index (χ1n) is 5.88. The highest BCUT2D eigenvalue weighted by molar-refractivity contribution is 5.78. The summed E-state index contributed by atoms with van der Waals surface area (Å²) >= 11 is 0. The second-order valence-corrected chi connectivity index (χ2v) is 4.31. The zero-order chi connectivity index (χ0) is 13.8. The molecule has 1 aromatic rings. The van der Waals surface area contributed by atoms with Gasteiger partial charge in [-0.25, -0.2) is 4.79 Å². The Morgan fingerprint density at radius 2 is 1.89 bits per heavy atom. The normalized spacial score (nSPS) is 15.4. The first-order chi connectivity index (χ1) is 9.08. The minimum atomic E-state index is -0.624. The molecule has 2 rings (SSSR count). The van der Waals surface area contributed by atoms with Crippen molar-refractivity contribution in [2.24, 2.45) is 0 Å². The van der Waals surface area contributed by atoms with Crippen LogP contribution in [0.4, 0.5) is 0 Å². The predicted molar refractivity (Wildman–Crippen MR) is 65.6 cm³/mol. The molecule has 1 aromatic heterocycles. The van der Waals surface area contributed by atoms with Gasteiger partial charge < -0.3 is 14.8 Å². The molecule has 0 unspecified atom stereocenters. The first-order valence-corrected chi connectivity index (χ1v) is 5.88. The summed E-state index contributed by atoms with van der Waals surface area (Å²) in [5, 5.41) is 0. The molecule has 0 aromatic carbocycles. The number of hydrogen-bond acceptors (Lipinski definition) is 4. The van der Waals surface area contributed by atoms with E-state index in [-0.39, 0.29) is 18.0 Å². The summed E-state index contributed by atoms with van der Waals surface area (Å²) in [6, 6.07) is 1.20. The lowest BCUT2D eigenvalue weighted by Gasteiger charge is -2.32. The maximum absolute atomic E-state index is 12.0. The maximum Gasteiger partial charge on any atom is 0.325 e. The molecule has 0 saturated carbocycles. The van der Waals surface area contributed by atoms with Crippen molar-refractivity contribution in [1.29, 1.82) is 0 Å². The third-order valence-electron chi connectivity index (χ3n) is 2.97. The summed E-state index contributed by atoms with van der Waals surface area (Å²) in [4.78, 5) is 52.4. The smallest absolute Gasteiger partial charge is 0.325 e. The van der Waals surface area contributed by atoms with Gasteiger partial charge in [-0.05, 0) is 0 Å². The fourth-order valence-corrected chi connectivity index (χ4v) is 1.97.